The molecule has 0 heterocycles. The van der Waals surface area contributed by atoms with Crippen molar-refractivity contribution in [3.05, 3.63) is 0 Å². The smallest absolute Gasteiger partial charge is 0.0593 e. The van der Waals surface area contributed by atoms with E-state index in [0.717, 1.165) is 37.8 Å². The minimum absolute atomic E-state index is 0.755. The molecule has 0 spiro atoms. The summed E-state index contributed by atoms with van der Waals surface area (Å²) >= 11 is 0. The highest BCUT2D eigenvalue weighted by atomic mass is 16.5. The van der Waals surface area contributed by atoms with Gasteiger partial charge in [0.1, 0.15) is 0 Å². The van der Waals surface area contributed by atoms with E-state index in [9.17, 15) is 0 Å². The van der Waals surface area contributed by atoms with Crippen LogP contribution in [0.1, 0.15) is 38.5 Å². The van der Waals surface area contributed by atoms with Gasteiger partial charge in [0.2, 0.25) is 0 Å². The molecular formula is C14H28N2O. The standard InChI is InChI=1S/C14H28N2O/c1-15-13-5-7-14(8-6-13)16(2)9-10-17-11-12-3-4-12/h12-15H,3-11H2,1-2H3. The summed E-state index contributed by atoms with van der Waals surface area (Å²) in [6.45, 7) is 3.01. The van der Waals surface area contributed by atoms with Crippen molar-refractivity contribution in [1.82, 2.24) is 10.2 Å². The first-order valence-electron chi connectivity index (χ1n) is 7.25. The average Bonchev–Trinajstić information content (AvgIpc) is 3.18. The maximum Gasteiger partial charge on any atom is 0.0593 e. The zero-order valence-corrected chi connectivity index (χ0v) is 11.5. The molecule has 0 unspecified atom stereocenters. The summed E-state index contributed by atoms with van der Waals surface area (Å²) in [7, 11) is 4.34. The summed E-state index contributed by atoms with van der Waals surface area (Å²) in [5, 5.41) is 3.39. The Kier molecular flexibility index (Phi) is 5.26. The van der Waals surface area contributed by atoms with E-state index in [0.29, 0.717) is 0 Å². The molecule has 2 saturated carbocycles. The fourth-order valence-electron chi connectivity index (χ4n) is 2.73. The van der Waals surface area contributed by atoms with Gasteiger partial charge in [-0.3, -0.25) is 0 Å². The number of ether oxygens (including phenoxy) is 1. The Hall–Kier alpha value is -0.120. The minimum atomic E-state index is 0.755. The van der Waals surface area contributed by atoms with Crippen LogP contribution in [-0.2, 0) is 4.74 Å². The molecule has 2 aliphatic rings. The second kappa shape index (κ2) is 6.72. The molecule has 17 heavy (non-hydrogen) atoms. The van der Waals surface area contributed by atoms with Crippen LogP contribution in [0.5, 0.6) is 0 Å². The van der Waals surface area contributed by atoms with Crippen LogP contribution in [0.15, 0.2) is 0 Å². The lowest BCUT2D eigenvalue weighted by atomic mass is 9.90. The van der Waals surface area contributed by atoms with Crippen LogP contribution >= 0.6 is 0 Å². The van der Waals surface area contributed by atoms with E-state index in [1.807, 2.05) is 0 Å². The van der Waals surface area contributed by atoms with Crippen LogP contribution in [0.3, 0.4) is 0 Å². The summed E-state index contributed by atoms with van der Waals surface area (Å²) in [6, 6.07) is 1.54. The van der Waals surface area contributed by atoms with Crippen molar-refractivity contribution in [3.63, 3.8) is 0 Å². The van der Waals surface area contributed by atoms with E-state index in [2.05, 4.69) is 24.3 Å². The molecule has 100 valence electrons. The summed E-state index contributed by atoms with van der Waals surface area (Å²) < 4.78 is 5.71. The SMILES string of the molecule is CNC1CCC(N(C)CCOCC2CC2)CC1. The van der Waals surface area contributed by atoms with Gasteiger partial charge < -0.3 is 15.0 Å². The van der Waals surface area contributed by atoms with Crippen molar-refractivity contribution < 1.29 is 4.74 Å². The van der Waals surface area contributed by atoms with Gasteiger partial charge >= 0.3 is 0 Å². The lowest BCUT2D eigenvalue weighted by molar-refractivity contribution is 0.0817. The largest absolute Gasteiger partial charge is 0.380 e. The molecule has 0 aromatic heterocycles. The van der Waals surface area contributed by atoms with Gasteiger partial charge in [0.15, 0.2) is 0 Å². The maximum absolute atomic E-state index is 5.71. The quantitative estimate of drug-likeness (QED) is 0.688. The third kappa shape index (κ3) is 4.57. The molecule has 3 heteroatoms. The third-order valence-corrected chi connectivity index (χ3v) is 4.37. The molecule has 2 fully saturated rings. The summed E-state index contributed by atoms with van der Waals surface area (Å²) in [5.41, 5.74) is 0. The first-order valence-corrected chi connectivity index (χ1v) is 7.25. The molecule has 0 aromatic rings. The Morgan fingerprint density at radius 3 is 2.41 bits per heavy atom. The molecule has 1 N–H and O–H groups in total. The number of nitrogens with one attached hydrogen (secondary N) is 1. The van der Waals surface area contributed by atoms with Crippen molar-refractivity contribution in [2.75, 3.05) is 33.9 Å². The Balaban J connectivity index is 1.54. The molecule has 3 nitrogen and oxygen atoms in total. The summed E-state index contributed by atoms with van der Waals surface area (Å²) in [6.07, 6.45) is 8.12. The first-order chi connectivity index (χ1) is 8.29. The monoisotopic (exact) mass is 240 g/mol. The lowest BCUT2D eigenvalue weighted by Crippen LogP contribution is -2.41. The molecule has 2 rings (SSSR count). The molecule has 0 radical (unpaired) electrons. The number of likely N-dealkylation sites (N-methyl/N-ethyl adjacent to an activating group) is 1. The first kappa shape index (κ1) is 13.3. The predicted octanol–water partition coefficient (Wildman–Crippen LogP) is 1.88. The fraction of sp³-hybridized carbons (Fsp3) is 1.00. The van der Waals surface area contributed by atoms with Crippen LogP contribution in [0.25, 0.3) is 0 Å². The zero-order valence-electron chi connectivity index (χ0n) is 11.5. The van der Waals surface area contributed by atoms with E-state index < -0.39 is 0 Å². The molecule has 0 amide bonds. The Bertz CT molecular complexity index is 210. The number of hydrogen-bond donors (Lipinski definition) is 1. The predicted molar refractivity (Wildman–Crippen MR) is 71.3 cm³/mol. The zero-order chi connectivity index (χ0) is 12.1. The fourth-order valence-corrected chi connectivity index (χ4v) is 2.73. The van der Waals surface area contributed by atoms with Gasteiger partial charge in [-0.25, -0.2) is 0 Å². The van der Waals surface area contributed by atoms with E-state index in [-0.39, 0.29) is 0 Å². The summed E-state index contributed by atoms with van der Waals surface area (Å²) in [5.74, 6) is 0.895. The molecule has 0 aliphatic heterocycles. The van der Waals surface area contributed by atoms with Crippen LogP contribution < -0.4 is 5.32 Å². The second-order valence-corrected chi connectivity index (χ2v) is 5.79. The second-order valence-electron chi connectivity index (χ2n) is 5.79. The highest BCUT2D eigenvalue weighted by Crippen LogP contribution is 2.28. The average molecular weight is 240 g/mol. The van der Waals surface area contributed by atoms with Crippen LogP contribution in [-0.4, -0.2) is 50.8 Å². The van der Waals surface area contributed by atoms with Gasteiger partial charge in [-0.2, -0.15) is 0 Å². The van der Waals surface area contributed by atoms with Gasteiger partial charge in [0.25, 0.3) is 0 Å². The topological polar surface area (TPSA) is 24.5 Å². The van der Waals surface area contributed by atoms with E-state index in [1.165, 1.54) is 38.5 Å². The van der Waals surface area contributed by atoms with E-state index in [1.54, 1.807) is 0 Å². The van der Waals surface area contributed by atoms with Gasteiger partial charge in [-0.15, -0.1) is 0 Å². The van der Waals surface area contributed by atoms with Gasteiger partial charge in [0, 0.05) is 25.2 Å². The highest BCUT2D eigenvalue weighted by molar-refractivity contribution is 4.81. The Morgan fingerprint density at radius 1 is 1.12 bits per heavy atom. The van der Waals surface area contributed by atoms with E-state index in [4.69, 9.17) is 4.74 Å². The van der Waals surface area contributed by atoms with Gasteiger partial charge in [-0.1, -0.05) is 0 Å². The normalized spacial score (nSPS) is 29.8. The highest BCUT2D eigenvalue weighted by Gasteiger charge is 2.23. The van der Waals surface area contributed by atoms with Crippen LogP contribution in [0.4, 0.5) is 0 Å². The lowest BCUT2D eigenvalue weighted by Gasteiger charge is -2.34. The van der Waals surface area contributed by atoms with Crippen LogP contribution in [0, 0.1) is 5.92 Å². The van der Waals surface area contributed by atoms with Crippen molar-refractivity contribution in [2.24, 2.45) is 5.92 Å². The van der Waals surface area contributed by atoms with Crippen molar-refractivity contribution in [2.45, 2.75) is 50.6 Å². The van der Waals surface area contributed by atoms with Crippen molar-refractivity contribution >= 4 is 0 Å². The molecule has 0 atom stereocenters. The maximum atomic E-state index is 5.71. The van der Waals surface area contributed by atoms with Gasteiger partial charge in [-0.05, 0) is 58.5 Å². The number of hydrogen-bond acceptors (Lipinski definition) is 3. The number of rotatable bonds is 7. The molecule has 0 bridgehead atoms. The number of nitrogens with zero attached hydrogens (tertiary/aromatic N) is 1. The molecular weight excluding hydrogens is 212 g/mol. The Labute approximate surface area is 106 Å². The summed E-state index contributed by atoms with van der Waals surface area (Å²) in [4.78, 5) is 2.50. The van der Waals surface area contributed by atoms with Crippen molar-refractivity contribution in [3.8, 4) is 0 Å². The Morgan fingerprint density at radius 2 is 1.82 bits per heavy atom. The molecule has 0 aromatic carbocycles. The van der Waals surface area contributed by atoms with Gasteiger partial charge in [0.05, 0.1) is 6.61 Å². The molecule has 2 aliphatic carbocycles. The third-order valence-electron chi connectivity index (χ3n) is 4.37. The van der Waals surface area contributed by atoms with E-state index >= 15 is 0 Å². The van der Waals surface area contributed by atoms with Crippen molar-refractivity contribution in [1.29, 1.82) is 0 Å². The molecule has 0 saturated heterocycles. The minimum Gasteiger partial charge on any atom is -0.380 e. The van der Waals surface area contributed by atoms with Crippen LogP contribution in [0.2, 0.25) is 0 Å².